The van der Waals surface area contributed by atoms with Crippen LogP contribution in [0.15, 0.2) is 0 Å². The van der Waals surface area contributed by atoms with Crippen LogP contribution in [0.25, 0.3) is 0 Å². The Kier molecular flexibility index (Phi) is 2.11. The molecule has 0 saturated heterocycles. The van der Waals surface area contributed by atoms with Gasteiger partial charge in [0.15, 0.2) is 0 Å². The van der Waals surface area contributed by atoms with Crippen LogP contribution in [0, 0.1) is 22.7 Å². The van der Waals surface area contributed by atoms with Gasteiger partial charge in [-0.05, 0) is 0 Å². The van der Waals surface area contributed by atoms with Gasteiger partial charge >= 0.3 is 0 Å². The van der Waals surface area contributed by atoms with Crippen molar-refractivity contribution in [2.45, 2.75) is 5.54 Å². The molecule has 0 aliphatic carbocycles. The number of nitriles is 2. The van der Waals surface area contributed by atoms with Crippen molar-refractivity contribution in [1.29, 1.82) is 10.5 Å². The maximum atomic E-state index is 7.81. The van der Waals surface area contributed by atoms with Gasteiger partial charge in [0.25, 0.3) is 0 Å². The summed E-state index contributed by atoms with van der Waals surface area (Å²) < 4.78 is 0. The van der Waals surface area contributed by atoms with Crippen LogP contribution in [0.3, 0.4) is 0 Å². The summed E-state index contributed by atoms with van der Waals surface area (Å²) in [6.07, 6.45) is 0. The predicted molar refractivity (Wildman–Crippen MR) is 20.7 cm³/mol. The number of hydrogen-bond donors (Lipinski definition) is 0. The zero-order chi connectivity index (χ0) is 4.99. The van der Waals surface area contributed by atoms with Crippen LogP contribution in [0.4, 0.5) is 0 Å². The highest BCUT2D eigenvalue weighted by atomic mass is 28.1. The van der Waals surface area contributed by atoms with Crippen LogP contribution in [-0.2, 0) is 0 Å². The van der Waals surface area contributed by atoms with Gasteiger partial charge in [-0.1, -0.05) is 0 Å². The predicted octanol–water partition coefficient (Wildman–Crippen LogP) is -0.00944. The van der Waals surface area contributed by atoms with E-state index in [0.717, 1.165) is 0 Å². The van der Waals surface area contributed by atoms with Crippen LogP contribution in [-0.4, -0.2) is 10.2 Å². The summed E-state index contributed by atoms with van der Waals surface area (Å²) in [6.45, 7) is 0. The van der Waals surface area contributed by atoms with E-state index in [9.17, 15) is 0 Å². The average Bonchev–Trinajstić information content (AvgIpc) is 1.65. The summed E-state index contributed by atoms with van der Waals surface area (Å²) in [5, 5.41) is 15.6. The zero-order valence-corrected chi connectivity index (χ0v) is 3.97. The van der Waals surface area contributed by atoms with Crippen molar-refractivity contribution < 1.29 is 0 Å². The summed E-state index contributed by atoms with van der Waals surface area (Å²) in [5.74, 6) is 0. The second kappa shape index (κ2) is 2.44. The number of nitrogens with zero attached hydrogens (tertiary/aromatic N) is 2. The third kappa shape index (κ3) is 1.51. The summed E-state index contributed by atoms with van der Waals surface area (Å²) in [4.78, 5) is 0. The average molecular weight is 93.1 g/mol. The van der Waals surface area contributed by atoms with E-state index in [1.54, 1.807) is 12.1 Å². The Morgan fingerprint density at radius 2 is 1.67 bits per heavy atom. The summed E-state index contributed by atoms with van der Waals surface area (Å²) in [7, 11) is 2.80. The Labute approximate surface area is 39.4 Å². The summed E-state index contributed by atoms with van der Waals surface area (Å²) in [5.41, 5.74) is -0.648. The van der Waals surface area contributed by atoms with Gasteiger partial charge in [0.2, 0.25) is 0 Å². The molecule has 0 fully saturated rings. The van der Waals surface area contributed by atoms with Crippen LogP contribution in [0.2, 0.25) is 5.54 Å². The van der Waals surface area contributed by atoms with E-state index in [1.165, 1.54) is 0 Å². The molecule has 6 heavy (non-hydrogen) atoms. The number of rotatable bonds is 0. The van der Waals surface area contributed by atoms with Gasteiger partial charge in [-0.25, -0.2) is 0 Å². The van der Waals surface area contributed by atoms with E-state index in [-0.39, 0.29) is 0 Å². The smallest absolute Gasteiger partial charge is 0.115 e. The quantitative estimate of drug-likeness (QED) is 0.395. The molecule has 0 N–H and O–H groups in total. The minimum atomic E-state index is -0.648. The normalized spacial score (nSPS) is 6.67. The lowest BCUT2D eigenvalue weighted by atomic mass is 10.5. The fraction of sp³-hybridized carbons (Fsp3) is 0.333. The first kappa shape index (κ1) is 5.20. The molecule has 0 aromatic carbocycles. The lowest BCUT2D eigenvalue weighted by molar-refractivity contribution is 1.32. The molecule has 0 aromatic heterocycles. The molecule has 3 heteroatoms. The van der Waals surface area contributed by atoms with Crippen molar-refractivity contribution in [3.05, 3.63) is 0 Å². The minimum absolute atomic E-state index is 0.648. The van der Waals surface area contributed by atoms with Crippen LogP contribution >= 0.6 is 0 Å². The fourth-order valence-corrected chi connectivity index (χ4v) is 0.0289. The molecule has 0 unspecified atom stereocenters. The molecule has 0 heterocycles. The monoisotopic (exact) mass is 93.0 g/mol. The topological polar surface area (TPSA) is 47.6 Å². The molecule has 0 atom stereocenters. The van der Waals surface area contributed by atoms with E-state index < -0.39 is 5.54 Å². The van der Waals surface area contributed by atoms with E-state index >= 15 is 0 Å². The van der Waals surface area contributed by atoms with Gasteiger partial charge in [-0.3, -0.25) is 0 Å². The highest BCUT2D eigenvalue weighted by Gasteiger charge is 1.88. The first-order chi connectivity index (χ1) is 2.81. The molecule has 0 amide bonds. The Bertz CT molecular complexity index is 92.9. The van der Waals surface area contributed by atoms with Crippen molar-refractivity contribution in [2.24, 2.45) is 0 Å². The van der Waals surface area contributed by atoms with Gasteiger partial charge in [0.1, 0.15) is 5.54 Å². The second-order valence-corrected chi connectivity index (χ2v) is 1.27. The maximum Gasteiger partial charge on any atom is 0.115 e. The molecule has 0 bridgehead atoms. The van der Waals surface area contributed by atoms with Crippen molar-refractivity contribution in [3.63, 3.8) is 0 Å². The third-order valence-corrected chi connectivity index (χ3v) is 0.516. The van der Waals surface area contributed by atoms with E-state index in [4.69, 9.17) is 10.5 Å². The van der Waals surface area contributed by atoms with Crippen molar-refractivity contribution in [1.82, 2.24) is 0 Å². The molecule has 3 radical (unpaired) electrons. The molecular weight excluding hydrogens is 92.1 g/mol. The molecular formula is C3HN2Si. The van der Waals surface area contributed by atoms with Crippen LogP contribution in [0.1, 0.15) is 0 Å². The van der Waals surface area contributed by atoms with Gasteiger partial charge in [0, 0.05) is 0 Å². The van der Waals surface area contributed by atoms with Crippen LogP contribution in [0.5, 0.6) is 0 Å². The lowest BCUT2D eigenvalue weighted by Crippen LogP contribution is -1.77. The summed E-state index contributed by atoms with van der Waals surface area (Å²) in [6, 6.07) is 3.33. The fourth-order valence-electron chi connectivity index (χ4n) is 0.0289. The first-order valence-electron chi connectivity index (χ1n) is 1.31. The molecule has 0 rings (SSSR count). The van der Waals surface area contributed by atoms with Crippen molar-refractivity contribution in [3.8, 4) is 12.1 Å². The van der Waals surface area contributed by atoms with Gasteiger partial charge in [0.05, 0.1) is 22.4 Å². The van der Waals surface area contributed by atoms with Gasteiger partial charge < -0.3 is 0 Å². The van der Waals surface area contributed by atoms with E-state index in [1.807, 2.05) is 0 Å². The lowest BCUT2D eigenvalue weighted by Gasteiger charge is -1.72. The zero-order valence-electron chi connectivity index (χ0n) is 2.97. The molecule has 0 aliphatic heterocycles. The highest BCUT2D eigenvalue weighted by Crippen LogP contribution is 1.86. The second-order valence-electron chi connectivity index (χ2n) is 0.691. The summed E-state index contributed by atoms with van der Waals surface area (Å²) >= 11 is 0. The molecule has 0 aromatic rings. The molecule has 0 saturated carbocycles. The Morgan fingerprint density at radius 3 is 1.67 bits per heavy atom. The third-order valence-electron chi connectivity index (χ3n) is 0.258. The molecule has 2 nitrogen and oxygen atoms in total. The Morgan fingerprint density at radius 1 is 1.33 bits per heavy atom. The number of hydrogen-bond acceptors (Lipinski definition) is 2. The van der Waals surface area contributed by atoms with Gasteiger partial charge in [-0.15, -0.1) is 0 Å². The highest BCUT2D eigenvalue weighted by molar-refractivity contribution is 6.15. The Balaban J connectivity index is 3.40. The van der Waals surface area contributed by atoms with Crippen molar-refractivity contribution in [2.75, 3.05) is 0 Å². The van der Waals surface area contributed by atoms with Crippen LogP contribution < -0.4 is 0 Å². The molecule has 0 spiro atoms. The first-order valence-corrected chi connectivity index (χ1v) is 1.89. The van der Waals surface area contributed by atoms with Crippen molar-refractivity contribution >= 4 is 10.2 Å². The largest absolute Gasteiger partial charge is 0.197 e. The molecule has 27 valence electrons. The van der Waals surface area contributed by atoms with E-state index in [2.05, 4.69) is 10.2 Å². The standard InChI is InChI=1S/C3HN2Si/c4-1-3(6)2-5/h3H. The minimum Gasteiger partial charge on any atom is -0.197 e. The van der Waals surface area contributed by atoms with Gasteiger partial charge in [-0.2, -0.15) is 10.5 Å². The molecule has 0 aliphatic rings. The SMILES string of the molecule is N#CC([Si])C#N. The van der Waals surface area contributed by atoms with E-state index in [0.29, 0.717) is 0 Å². The maximum absolute atomic E-state index is 7.81. The Hall–Kier alpha value is -0.803.